The summed E-state index contributed by atoms with van der Waals surface area (Å²) in [6, 6.07) is 10.0. The lowest BCUT2D eigenvalue weighted by molar-refractivity contribution is -0.128. The van der Waals surface area contributed by atoms with Crippen molar-refractivity contribution in [2.24, 2.45) is 5.73 Å². The normalized spacial score (nSPS) is 20.1. The zero-order chi connectivity index (χ0) is 13.0. The third kappa shape index (κ3) is 2.91. The van der Waals surface area contributed by atoms with Crippen LogP contribution in [0.15, 0.2) is 30.3 Å². The fourth-order valence-corrected chi connectivity index (χ4v) is 2.58. The largest absolute Gasteiger partial charge is 0.348 e. The summed E-state index contributed by atoms with van der Waals surface area (Å²) in [5, 5.41) is 3.04. The van der Waals surface area contributed by atoms with E-state index >= 15 is 0 Å². The number of carbonyl (C=O) groups excluding carboxylic acids is 1. The van der Waals surface area contributed by atoms with Crippen molar-refractivity contribution >= 4 is 5.91 Å². The van der Waals surface area contributed by atoms with Gasteiger partial charge in [0.05, 0.1) is 11.6 Å². The molecule has 0 bridgehead atoms. The highest BCUT2D eigenvalue weighted by molar-refractivity contribution is 5.86. The van der Waals surface area contributed by atoms with E-state index in [1.54, 1.807) is 0 Å². The summed E-state index contributed by atoms with van der Waals surface area (Å²) >= 11 is 0. The Hall–Kier alpha value is -1.35. The number of benzene rings is 1. The Kier molecular flexibility index (Phi) is 4.02. The first-order chi connectivity index (χ1) is 8.62. The Balaban J connectivity index is 1.98. The van der Waals surface area contributed by atoms with Crippen LogP contribution < -0.4 is 11.1 Å². The Morgan fingerprint density at radius 2 is 1.83 bits per heavy atom. The molecule has 1 aliphatic rings. The number of rotatable bonds is 3. The fourth-order valence-electron chi connectivity index (χ4n) is 2.58. The molecule has 0 spiro atoms. The first-order valence-electron chi connectivity index (χ1n) is 6.77. The zero-order valence-corrected chi connectivity index (χ0v) is 11.0. The smallest absolute Gasteiger partial charge is 0.240 e. The second-order valence-corrected chi connectivity index (χ2v) is 5.32. The minimum absolute atomic E-state index is 0.00134. The summed E-state index contributed by atoms with van der Waals surface area (Å²) < 4.78 is 0. The lowest BCUT2D eigenvalue weighted by atomic mass is 9.81. The standard InChI is InChI=1S/C15H22N2O/c1-12(13-8-4-2-5-9-13)17-14(18)15(16)10-6-3-7-11-15/h2,4-5,8-9,12H,3,6-7,10-11,16H2,1H3,(H,17,18)/t12-/m0/s1. The Morgan fingerprint density at radius 1 is 1.22 bits per heavy atom. The molecule has 98 valence electrons. The molecule has 3 heteroatoms. The Morgan fingerprint density at radius 3 is 2.44 bits per heavy atom. The third-order valence-electron chi connectivity index (χ3n) is 3.85. The van der Waals surface area contributed by atoms with Crippen molar-refractivity contribution < 1.29 is 4.79 Å². The van der Waals surface area contributed by atoms with Crippen LogP contribution in [0, 0.1) is 0 Å². The average molecular weight is 246 g/mol. The van der Waals surface area contributed by atoms with E-state index in [0.29, 0.717) is 0 Å². The van der Waals surface area contributed by atoms with Gasteiger partial charge in [0, 0.05) is 0 Å². The molecule has 0 heterocycles. The second kappa shape index (κ2) is 5.53. The summed E-state index contributed by atoms with van der Waals surface area (Å²) in [5.41, 5.74) is 6.68. The summed E-state index contributed by atoms with van der Waals surface area (Å²) in [7, 11) is 0. The lowest BCUT2D eigenvalue weighted by Gasteiger charge is -2.33. The van der Waals surface area contributed by atoms with E-state index in [9.17, 15) is 4.79 Å². The fraction of sp³-hybridized carbons (Fsp3) is 0.533. The van der Waals surface area contributed by atoms with Gasteiger partial charge in [-0.25, -0.2) is 0 Å². The van der Waals surface area contributed by atoms with E-state index in [1.807, 2.05) is 37.3 Å². The molecule has 1 atom stereocenters. The maximum absolute atomic E-state index is 12.3. The van der Waals surface area contributed by atoms with Crippen molar-refractivity contribution in [3.63, 3.8) is 0 Å². The van der Waals surface area contributed by atoms with E-state index in [4.69, 9.17) is 5.73 Å². The van der Waals surface area contributed by atoms with Gasteiger partial charge in [0.1, 0.15) is 0 Å². The molecule has 0 unspecified atom stereocenters. The van der Waals surface area contributed by atoms with E-state index in [0.717, 1.165) is 31.2 Å². The van der Waals surface area contributed by atoms with Gasteiger partial charge in [-0.1, -0.05) is 49.6 Å². The Labute approximate surface area is 109 Å². The van der Waals surface area contributed by atoms with E-state index < -0.39 is 5.54 Å². The van der Waals surface area contributed by atoms with Crippen LogP contribution in [0.5, 0.6) is 0 Å². The van der Waals surface area contributed by atoms with Gasteiger partial charge in [-0.05, 0) is 25.3 Å². The van der Waals surface area contributed by atoms with Gasteiger partial charge in [0.25, 0.3) is 0 Å². The van der Waals surface area contributed by atoms with Crippen LogP contribution in [0.4, 0.5) is 0 Å². The molecular formula is C15H22N2O. The van der Waals surface area contributed by atoms with Crippen molar-refractivity contribution in [1.29, 1.82) is 0 Å². The number of amides is 1. The predicted molar refractivity (Wildman–Crippen MR) is 73.0 cm³/mol. The number of nitrogens with two attached hydrogens (primary N) is 1. The van der Waals surface area contributed by atoms with Gasteiger partial charge in [0.2, 0.25) is 5.91 Å². The lowest BCUT2D eigenvalue weighted by Crippen LogP contribution is -2.55. The van der Waals surface area contributed by atoms with Gasteiger partial charge in [-0.3, -0.25) is 4.79 Å². The van der Waals surface area contributed by atoms with Crippen molar-refractivity contribution in [1.82, 2.24) is 5.32 Å². The van der Waals surface area contributed by atoms with Crippen molar-refractivity contribution in [3.05, 3.63) is 35.9 Å². The first-order valence-corrected chi connectivity index (χ1v) is 6.77. The SMILES string of the molecule is C[C@H](NC(=O)C1(N)CCCCC1)c1ccccc1. The summed E-state index contributed by atoms with van der Waals surface area (Å²) in [4.78, 5) is 12.3. The molecule has 1 amide bonds. The number of hydrogen-bond acceptors (Lipinski definition) is 2. The molecule has 1 aromatic carbocycles. The molecule has 3 N–H and O–H groups in total. The van der Waals surface area contributed by atoms with Crippen molar-refractivity contribution in [3.8, 4) is 0 Å². The van der Waals surface area contributed by atoms with Gasteiger partial charge in [-0.2, -0.15) is 0 Å². The average Bonchev–Trinajstić information content (AvgIpc) is 2.40. The molecule has 18 heavy (non-hydrogen) atoms. The topological polar surface area (TPSA) is 55.1 Å². The molecule has 0 radical (unpaired) electrons. The summed E-state index contributed by atoms with van der Waals surface area (Å²) in [5.74, 6) is -0.00134. The molecule has 1 aliphatic carbocycles. The van der Waals surface area contributed by atoms with Crippen LogP contribution in [0.2, 0.25) is 0 Å². The van der Waals surface area contributed by atoms with E-state index in [2.05, 4.69) is 5.32 Å². The minimum Gasteiger partial charge on any atom is -0.348 e. The highest BCUT2D eigenvalue weighted by atomic mass is 16.2. The summed E-state index contributed by atoms with van der Waals surface area (Å²) in [6.07, 6.45) is 4.93. The van der Waals surface area contributed by atoms with Crippen LogP contribution in [-0.4, -0.2) is 11.4 Å². The van der Waals surface area contributed by atoms with E-state index in [1.165, 1.54) is 6.42 Å². The highest BCUT2D eigenvalue weighted by Gasteiger charge is 2.35. The number of carbonyl (C=O) groups is 1. The predicted octanol–water partition coefficient (Wildman–Crippen LogP) is 2.53. The van der Waals surface area contributed by atoms with Crippen molar-refractivity contribution in [2.75, 3.05) is 0 Å². The van der Waals surface area contributed by atoms with Crippen LogP contribution in [0.3, 0.4) is 0 Å². The third-order valence-corrected chi connectivity index (χ3v) is 3.85. The van der Waals surface area contributed by atoms with Crippen LogP contribution in [0.1, 0.15) is 50.6 Å². The molecule has 0 aromatic heterocycles. The molecule has 1 aromatic rings. The summed E-state index contributed by atoms with van der Waals surface area (Å²) in [6.45, 7) is 2.00. The van der Waals surface area contributed by atoms with Gasteiger partial charge in [0.15, 0.2) is 0 Å². The minimum atomic E-state index is -0.651. The number of nitrogens with one attached hydrogen (secondary N) is 1. The monoisotopic (exact) mass is 246 g/mol. The molecule has 1 fully saturated rings. The Bertz CT molecular complexity index is 396. The second-order valence-electron chi connectivity index (χ2n) is 5.32. The molecule has 1 saturated carbocycles. The number of hydrogen-bond donors (Lipinski definition) is 2. The van der Waals surface area contributed by atoms with Crippen molar-refractivity contribution in [2.45, 2.75) is 50.6 Å². The maximum Gasteiger partial charge on any atom is 0.240 e. The highest BCUT2D eigenvalue weighted by Crippen LogP contribution is 2.26. The zero-order valence-electron chi connectivity index (χ0n) is 11.0. The molecular weight excluding hydrogens is 224 g/mol. The van der Waals surface area contributed by atoms with Gasteiger partial charge in [-0.15, -0.1) is 0 Å². The van der Waals surface area contributed by atoms with E-state index in [-0.39, 0.29) is 11.9 Å². The molecule has 0 aliphatic heterocycles. The first kappa shape index (κ1) is 13.1. The van der Waals surface area contributed by atoms with Crippen LogP contribution in [0.25, 0.3) is 0 Å². The maximum atomic E-state index is 12.3. The van der Waals surface area contributed by atoms with Gasteiger partial charge < -0.3 is 11.1 Å². The quantitative estimate of drug-likeness (QED) is 0.861. The van der Waals surface area contributed by atoms with Gasteiger partial charge >= 0.3 is 0 Å². The molecule has 2 rings (SSSR count). The molecule has 3 nitrogen and oxygen atoms in total. The molecule has 0 saturated heterocycles. The van der Waals surface area contributed by atoms with Crippen LogP contribution in [-0.2, 0) is 4.79 Å². The van der Waals surface area contributed by atoms with Crippen LogP contribution >= 0.6 is 0 Å².